The first-order valence-corrected chi connectivity index (χ1v) is 2.85. The summed E-state index contributed by atoms with van der Waals surface area (Å²) in [6.45, 7) is 4.86. The average molecular weight is 189 g/mol. The molecule has 47 valence electrons. The van der Waals surface area contributed by atoms with Gasteiger partial charge >= 0.3 is 0 Å². The van der Waals surface area contributed by atoms with E-state index in [0.29, 0.717) is 0 Å². The van der Waals surface area contributed by atoms with Crippen LogP contribution >= 0.6 is 0 Å². The molecule has 0 aromatic rings. The Morgan fingerprint density at radius 3 is 2.38 bits per heavy atom. The van der Waals surface area contributed by atoms with Crippen LogP contribution in [0.1, 0.15) is 19.3 Å². The molecule has 0 fully saturated rings. The molecule has 0 atom stereocenters. The summed E-state index contributed by atoms with van der Waals surface area (Å²) in [7, 11) is 1.98. The Morgan fingerprint density at radius 2 is 2.00 bits per heavy atom. The number of nitrogens with one attached hydrogen (secondary N) is 1. The fraction of sp³-hybridized carbons (Fsp3) is 0.833. The fourth-order valence-corrected chi connectivity index (χ4v) is 0.479. The zero-order valence-corrected chi connectivity index (χ0v) is 8.45. The molecule has 1 nitrogen and oxygen atoms in total. The van der Waals surface area contributed by atoms with Crippen LogP contribution in [-0.2, 0) is 32.7 Å². The number of unbranched alkanes of at least 4 members (excludes halogenated alkanes) is 2. The molecule has 8 heavy (non-hydrogen) atoms. The first-order valence-electron chi connectivity index (χ1n) is 2.85. The molecule has 0 spiro atoms. The van der Waals surface area contributed by atoms with Crippen LogP contribution in [0.3, 0.4) is 0 Å². The Balaban J connectivity index is 0. The second-order valence-corrected chi connectivity index (χ2v) is 1.66. The van der Waals surface area contributed by atoms with Crippen molar-refractivity contribution >= 4 is 0 Å². The number of hydrogen-bond acceptors (Lipinski definition) is 1. The Morgan fingerprint density at radius 1 is 1.38 bits per heavy atom. The van der Waals surface area contributed by atoms with E-state index in [9.17, 15) is 0 Å². The van der Waals surface area contributed by atoms with Gasteiger partial charge in [0.15, 0.2) is 0 Å². The molecule has 2 heteroatoms. The van der Waals surface area contributed by atoms with Gasteiger partial charge in [-0.3, -0.25) is 0 Å². The summed E-state index contributed by atoms with van der Waals surface area (Å²) < 4.78 is 0. The summed E-state index contributed by atoms with van der Waals surface area (Å²) in [6, 6.07) is 0. The average Bonchev–Trinajstić information content (AvgIpc) is 1.69. The molecule has 0 saturated carbocycles. The molecular formula is C6H14NY-. The standard InChI is InChI=1S/C6H14N.Y/c1-3-4-5-6-7-2;/h7H,1,3-6H2,2H3;/q-1;. The Labute approximate surface area is 77.5 Å². The number of hydrogen-bond donors (Lipinski definition) is 1. The van der Waals surface area contributed by atoms with Gasteiger partial charge in [0.2, 0.25) is 0 Å². The summed E-state index contributed by atoms with van der Waals surface area (Å²) in [4.78, 5) is 0. The molecule has 0 bridgehead atoms. The smallest absolute Gasteiger partial charge is 0 e. The van der Waals surface area contributed by atoms with Crippen molar-refractivity contribution in [1.82, 2.24) is 5.32 Å². The van der Waals surface area contributed by atoms with E-state index in [0.717, 1.165) is 13.0 Å². The van der Waals surface area contributed by atoms with Crippen molar-refractivity contribution in [2.75, 3.05) is 13.6 Å². The molecule has 0 aliphatic heterocycles. The van der Waals surface area contributed by atoms with E-state index in [1.165, 1.54) is 12.8 Å². The minimum Gasteiger partial charge on any atom is -0.343 e. The van der Waals surface area contributed by atoms with Crippen LogP contribution in [0, 0.1) is 6.92 Å². The second-order valence-electron chi connectivity index (χ2n) is 1.66. The predicted molar refractivity (Wildman–Crippen MR) is 33.1 cm³/mol. The van der Waals surface area contributed by atoms with Crippen LogP contribution < -0.4 is 5.32 Å². The second kappa shape index (κ2) is 10.9. The van der Waals surface area contributed by atoms with Crippen molar-refractivity contribution in [2.45, 2.75) is 19.3 Å². The van der Waals surface area contributed by atoms with Crippen molar-refractivity contribution in [3.8, 4) is 0 Å². The van der Waals surface area contributed by atoms with Gasteiger partial charge in [0, 0.05) is 32.7 Å². The van der Waals surface area contributed by atoms with E-state index in [2.05, 4.69) is 12.2 Å². The van der Waals surface area contributed by atoms with Crippen molar-refractivity contribution in [2.24, 2.45) is 0 Å². The van der Waals surface area contributed by atoms with Crippen molar-refractivity contribution in [3.63, 3.8) is 0 Å². The van der Waals surface area contributed by atoms with Gasteiger partial charge in [0.25, 0.3) is 0 Å². The topological polar surface area (TPSA) is 12.0 Å². The van der Waals surface area contributed by atoms with E-state index in [1.807, 2.05) is 7.05 Å². The third-order valence-corrected chi connectivity index (χ3v) is 0.927. The van der Waals surface area contributed by atoms with Crippen LogP contribution in [0.2, 0.25) is 0 Å². The minimum atomic E-state index is 0. The molecule has 1 radical (unpaired) electrons. The maximum atomic E-state index is 3.73. The molecular weight excluding hydrogens is 175 g/mol. The molecule has 0 unspecified atom stereocenters. The van der Waals surface area contributed by atoms with Gasteiger partial charge in [-0.25, -0.2) is 0 Å². The molecule has 0 saturated heterocycles. The molecule has 0 aliphatic carbocycles. The molecule has 0 heterocycles. The third kappa shape index (κ3) is 10.1. The molecule has 0 rings (SSSR count). The summed E-state index contributed by atoms with van der Waals surface area (Å²) in [5, 5.41) is 3.07. The summed E-state index contributed by atoms with van der Waals surface area (Å²) in [5.74, 6) is 0. The third-order valence-electron chi connectivity index (χ3n) is 0.927. The van der Waals surface area contributed by atoms with E-state index >= 15 is 0 Å². The van der Waals surface area contributed by atoms with Gasteiger partial charge < -0.3 is 12.2 Å². The monoisotopic (exact) mass is 189 g/mol. The van der Waals surface area contributed by atoms with Crippen LogP contribution in [-0.4, -0.2) is 13.6 Å². The maximum Gasteiger partial charge on any atom is 0 e. The largest absolute Gasteiger partial charge is 0.343 e. The van der Waals surface area contributed by atoms with E-state index < -0.39 is 0 Å². The Bertz CT molecular complexity index is 27.7. The predicted octanol–water partition coefficient (Wildman–Crippen LogP) is 1.21. The fourth-order valence-electron chi connectivity index (χ4n) is 0.479. The van der Waals surface area contributed by atoms with Gasteiger partial charge in [-0.15, -0.1) is 0 Å². The molecule has 1 N–H and O–H groups in total. The van der Waals surface area contributed by atoms with Gasteiger partial charge in [-0.05, 0) is 20.0 Å². The Hall–Kier alpha value is 1.06. The Kier molecular flexibility index (Phi) is 16.2. The van der Waals surface area contributed by atoms with E-state index in [-0.39, 0.29) is 32.7 Å². The first kappa shape index (κ1) is 11.8. The van der Waals surface area contributed by atoms with Crippen molar-refractivity contribution in [1.29, 1.82) is 0 Å². The van der Waals surface area contributed by atoms with Gasteiger partial charge in [-0.1, -0.05) is 6.42 Å². The molecule has 0 aromatic carbocycles. The van der Waals surface area contributed by atoms with Crippen LogP contribution in [0.5, 0.6) is 0 Å². The van der Waals surface area contributed by atoms with Crippen molar-refractivity contribution in [3.05, 3.63) is 6.92 Å². The summed E-state index contributed by atoms with van der Waals surface area (Å²) >= 11 is 0. The van der Waals surface area contributed by atoms with Gasteiger partial charge in [0.1, 0.15) is 0 Å². The zero-order valence-electron chi connectivity index (χ0n) is 5.61. The molecule has 0 amide bonds. The van der Waals surface area contributed by atoms with Crippen LogP contribution in [0.25, 0.3) is 0 Å². The van der Waals surface area contributed by atoms with Gasteiger partial charge in [0.05, 0.1) is 0 Å². The molecule has 0 aliphatic rings. The normalized spacial score (nSPS) is 8.25. The zero-order chi connectivity index (χ0) is 5.54. The molecule has 0 aromatic heterocycles. The van der Waals surface area contributed by atoms with Crippen LogP contribution in [0.15, 0.2) is 0 Å². The maximum absolute atomic E-state index is 3.73. The van der Waals surface area contributed by atoms with Crippen molar-refractivity contribution < 1.29 is 32.7 Å². The summed E-state index contributed by atoms with van der Waals surface area (Å²) in [6.07, 6.45) is 3.59. The SMILES string of the molecule is [CH2-]CCCCNC.[Y]. The van der Waals surface area contributed by atoms with Crippen LogP contribution in [0.4, 0.5) is 0 Å². The summed E-state index contributed by atoms with van der Waals surface area (Å²) in [5.41, 5.74) is 0. The van der Waals surface area contributed by atoms with E-state index in [4.69, 9.17) is 0 Å². The first-order chi connectivity index (χ1) is 3.41. The number of rotatable bonds is 4. The van der Waals surface area contributed by atoms with Gasteiger partial charge in [-0.2, -0.15) is 6.42 Å². The van der Waals surface area contributed by atoms with E-state index in [1.54, 1.807) is 0 Å². The quantitative estimate of drug-likeness (QED) is 0.517. The minimum absolute atomic E-state index is 0.